The third kappa shape index (κ3) is 6.70. The molecular formula is C15H22N4O3S. The van der Waals surface area contributed by atoms with Crippen LogP contribution in [0.1, 0.15) is 19.4 Å². The van der Waals surface area contributed by atoms with Crippen LogP contribution in [-0.2, 0) is 20.8 Å². The van der Waals surface area contributed by atoms with Crippen molar-refractivity contribution in [3.63, 3.8) is 0 Å². The SMILES string of the molecule is CC(C)(S)C(NC(=O)CNC(=O)Cc1ccccc1)C(=O)NN. The first kappa shape index (κ1) is 19.0. The lowest BCUT2D eigenvalue weighted by Gasteiger charge is -2.28. The van der Waals surface area contributed by atoms with Gasteiger partial charge in [0.2, 0.25) is 11.8 Å². The van der Waals surface area contributed by atoms with E-state index >= 15 is 0 Å². The summed E-state index contributed by atoms with van der Waals surface area (Å²) in [5, 5.41) is 5.01. The summed E-state index contributed by atoms with van der Waals surface area (Å²) in [5.74, 6) is 3.76. The summed E-state index contributed by atoms with van der Waals surface area (Å²) >= 11 is 4.27. The maximum absolute atomic E-state index is 11.9. The molecule has 0 aliphatic carbocycles. The molecule has 1 rings (SSSR count). The number of hydrazine groups is 1. The first-order valence-corrected chi connectivity index (χ1v) is 7.51. The normalized spacial score (nSPS) is 12.2. The second-order valence-electron chi connectivity index (χ2n) is 5.60. The fourth-order valence-electron chi connectivity index (χ4n) is 1.88. The number of hydrogen-bond donors (Lipinski definition) is 5. The molecule has 0 aliphatic heterocycles. The lowest BCUT2D eigenvalue weighted by Crippen LogP contribution is -2.58. The van der Waals surface area contributed by atoms with E-state index in [0.717, 1.165) is 5.56 Å². The second-order valence-corrected chi connectivity index (χ2v) is 6.75. The minimum atomic E-state index is -0.922. The van der Waals surface area contributed by atoms with Crippen LogP contribution < -0.4 is 21.9 Å². The zero-order valence-corrected chi connectivity index (χ0v) is 14.0. The van der Waals surface area contributed by atoms with Gasteiger partial charge in [-0.25, -0.2) is 5.84 Å². The molecule has 23 heavy (non-hydrogen) atoms. The predicted molar refractivity (Wildman–Crippen MR) is 90.5 cm³/mol. The lowest BCUT2D eigenvalue weighted by molar-refractivity contribution is -0.130. The molecular weight excluding hydrogens is 316 g/mol. The van der Waals surface area contributed by atoms with Gasteiger partial charge in [0.25, 0.3) is 5.91 Å². The van der Waals surface area contributed by atoms with E-state index in [9.17, 15) is 14.4 Å². The summed E-state index contributed by atoms with van der Waals surface area (Å²) < 4.78 is -0.812. The molecule has 8 heteroatoms. The first-order chi connectivity index (χ1) is 10.7. The average Bonchev–Trinajstić information content (AvgIpc) is 2.49. The number of carbonyl (C=O) groups is 3. The van der Waals surface area contributed by atoms with E-state index in [-0.39, 0.29) is 18.9 Å². The van der Waals surface area contributed by atoms with Gasteiger partial charge in [0, 0.05) is 4.75 Å². The van der Waals surface area contributed by atoms with E-state index in [1.165, 1.54) is 0 Å². The smallest absolute Gasteiger partial charge is 0.257 e. The fraction of sp³-hybridized carbons (Fsp3) is 0.400. The second kappa shape index (κ2) is 8.54. The van der Waals surface area contributed by atoms with Crippen LogP contribution in [0.25, 0.3) is 0 Å². The summed E-state index contributed by atoms with van der Waals surface area (Å²) in [6.45, 7) is 3.11. The van der Waals surface area contributed by atoms with E-state index in [2.05, 4.69) is 23.3 Å². The van der Waals surface area contributed by atoms with Crippen LogP contribution in [-0.4, -0.2) is 35.1 Å². The monoisotopic (exact) mass is 338 g/mol. The summed E-state index contributed by atoms with van der Waals surface area (Å²) in [4.78, 5) is 35.4. The summed E-state index contributed by atoms with van der Waals surface area (Å²) in [6.07, 6.45) is 0.179. The van der Waals surface area contributed by atoms with Gasteiger partial charge in [-0.15, -0.1) is 0 Å². The minimum absolute atomic E-state index is 0.179. The Bertz CT molecular complexity index is 558. The van der Waals surface area contributed by atoms with Gasteiger partial charge in [0.15, 0.2) is 0 Å². The molecule has 3 amide bonds. The molecule has 126 valence electrons. The van der Waals surface area contributed by atoms with Gasteiger partial charge in [-0.1, -0.05) is 30.3 Å². The van der Waals surface area contributed by atoms with E-state index < -0.39 is 22.6 Å². The number of benzene rings is 1. The van der Waals surface area contributed by atoms with Crippen molar-refractivity contribution in [2.45, 2.75) is 31.1 Å². The van der Waals surface area contributed by atoms with Gasteiger partial charge < -0.3 is 10.6 Å². The highest BCUT2D eigenvalue weighted by atomic mass is 32.1. The Kier molecular flexibility index (Phi) is 7.05. The van der Waals surface area contributed by atoms with Crippen molar-refractivity contribution in [2.75, 3.05) is 6.54 Å². The number of thiol groups is 1. The first-order valence-electron chi connectivity index (χ1n) is 7.07. The Morgan fingerprint density at radius 3 is 2.30 bits per heavy atom. The topological polar surface area (TPSA) is 113 Å². The molecule has 0 saturated carbocycles. The van der Waals surface area contributed by atoms with Crippen molar-refractivity contribution in [2.24, 2.45) is 5.84 Å². The quantitative estimate of drug-likeness (QED) is 0.200. The summed E-state index contributed by atoms with van der Waals surface area (Å²) in [6, 6.07) is 8.25. The van der Waals surface area contributed by atoms with Gasteiger partial charge in [-0.3, -0.25) is 19.8 Å². The van der Waals surface area contributed by atoms with E-state index in [1.807, 2.05) is 35.8 Å². The zero-order valence-electron chi connectivity index (χ0n) is 13.1. The van der Waals surface area contributed by atoms with Crippen molar-refractivity contribution < 1.29 is 14.4 Å². The molecule has 0 fully saturated rings. The molecule has 1 unspecified atom stereocenters. The van der Waals surface area contributed by atoms with Gasteiger partial charge in [0.1, 0.15) is 6.04 Å². The lowest BCUT2D eigenvalue weighted by atomic mass is 10.0. The van der Waals surface area contributed by atoms with E-state index in [1.54, 1.807) is 13.8 Å². The van der Waals surface area contributed by atoms with Gasteiger partial charge in [-0.2, -0.15) is 12.6 Å². The zero-order chi connectivity index (χ0) is 17.5. The van der Waals surface area contributed by atoms with Crippen LogP contribution >= 0.6 is 12.6 Å². The molecule has 7 nitrogen and oxygen atoms in total. The highest BCUT2D eigenvalue weighted by molar-refractivity contribution is 7.81. The van der Waals surface area contributed by atoms with Gasteiger partial charge >= 0.3 is 0 Å². The Morgan fingerprint density at radius 2 is 1.78 bits per heavy atom. The van der Waals surface area contributed by atoms with E-state index in [0.29, 0.717) is 0 Å². The van der Waals surface area contributed by atoms with Crippen LogP contribution in [0.4, 0.5) is 0 Å². The van der Waals surface area contributed by atoms with Crippen LogP contribution in [0.15, 0.2) is 30.3 Å². The molecule has 0 radical (unpaired) electrons. The van der Waals surface area contributed by atoms with Crippen molar-refractivity contribution in [1.82, 2.24) is 16.1 Å². The van der Waals surface area contributed by atoms with Crippen molar-refractivity contribution in [1.29, 1.82) is 0 Å². The van der Waals surface area contributed by atoms with Crippen molar-refractivity contribution in [3.8, 4) is 0 Å². The Hall–Kier alpha value is -2.06. The third-order valence-electron chi connectivity index (χ3n) is 3.07. The molecule has 0 aliphatic rings. The predicted octanol–water partition coefficient (Wildman–Crippen LogP) is -0.472. The number of nitrogens with one attached hydrogen (secondary N) is 3. The molecule has 0 aromatic heterocycles. The molecule has 0 spiro atoms. The Balaban J connectivity index is 2.49. The Labute approximate surface area is 140 Å². The molecule has 0 saturated heterocycles. The van der Waals surface area contributed by atoms with Crippen LogP contribution in [0.5, 0.6) is 0 Å². The third-order valence-corrected chi connectivity index (χ3v) is 3.33. The number of carbonyl (C=O) groups excluding carboxylic acids is 3. The highest BCUT2D eigenvalue weighted by Gasteiger charge is 2.33. The van der Waals surface area contributed by atoms with E-state index in [4.69, 9.17) is 5.84 Å². The maximum Gasteiger partial charge on any atom is 0.257 e. The highest BCUT2D eigenvalue weighted by Crippen LogP contribution is 2.17. The molecule has 5 N–H and O–H groups in total. The van der Waals surface area contributed by atoms with Gasteiger partial charge in [-0.05, 0) is 19.4 Å². The molecule has 1 aromatic carbocycles. The standard InChI is InChI=1S/C15H22N4O3S/c1-15(2,23)13(14(22)19-16)18-12(21)9-17-11(20)8-10-6-4-3-5-7-10/h3-7,13,23H,8-9,16H2,1-2H3,(H,17,20)(H,18,21)(H,19,22). The molecule has 1 aromatic rings. The molecule has 1 atom stereocenters. The van der Waals surface area contributed by atoms with Gasteiger partial charge in [0.05, 0.1) is 13.0 Å². The Morgan fingerprint density at radius 1 is 1.17 bits per heavy atom. The van der Waals surface area contributed by atoms with Crippen LogP contribution in [0.2, 0.25) is 0 Å². The van der Waals surface area contributed by atoms with Crippen LogP contribution in [0.3, 0.4) is 0 Å². The summed E-state index contributed by atoms with van der Waals surface area (Å²) in [7, 11) is 0. The number of hydrogen-bond acceptors (Lipinski definition) is 5. The molecule has 0 heterocycles. The van der Waals surface area contributed by atoms with Crippen LogP contribution in [0, 0.1) is 0 Å². The molecule has 0 bridgehead atoms. The van der Waals surface area contributed by atoms with Crippen molar-refractivity contribution in [3.05, 3.63) is 35.9 Å². The summed E-state index contributed by atoms with van der Waals surface area (Å²) in [5.41, 5.74) is 2.83. The fourth-order valence-corrected chi connectivity index (χ4v) is 2.06. The maximum atomic E-state index is 11.9. The van der Waals surface area contributed by atoms with Crippen molar-refractivity contribution >= 4 is 30.4 Å². The number of nitrogens with two attached hydrogens (primary N) is 1. The number of amides is 3. The largest absolute Gasteiger partial charge is 0.347 e. The number of rotatable bonds is 7. The minimum Gasteiger partial charge on any atom is -0.347 e. The average molecular weight is 338 g/mol.